The summed E-state index contributed by atoms with van der Waals surface area (Å²) >= 11 is 0. The molecule has 1 aromatic carbocycles. The number of piperazine rings is 1. The molecule has 0 spiro atoms. The average Bonchev–Trinajstić information content (AvgIpc) is 2.59. The first-order valence-electron chi connectivity index (χ1n) is 9.01. The Hall–Kier alpha value is -0.940. The van der Waals surface area contributed by atoms with Crippen molar-refractivity contribution in [1.82, 2.24) is 14.7 Å². The molecule has 0 radical (unpaired) electrons. The molecular weight excluding hydrogens is 286 g/mol. The highest BCUT2D eigenvalue weighted by Gasteiger charge is 2.24. The molecule has 2 heterocycles. The van der Waals surface area contributed by atoms with Crippen LogP contribution in [0.1, 0.15) is 23.6 Å². The second kappa shape index (κ2) is 8.25. The van der Waals surface area contributed by atoms with Crippen LogP contribution in [-0.4, -0.2) is 80.8 Å². The fourth-order valence-electron chi connectivity index (χ4n) is 3.61. The first-order valence-corrected chi connectivity index (χ1v) is 9.01. The lowest BCUT2D eigenvalue weighted by Crippen LogP contribution is -2.46. The zero-order valence-electron chi connectivity index (χ0n) is 14.7. The summed E-state index contributed by atoms with van der Waals surface area (Å²) in [5.74, 6) is 0. The van der Waals surface area contributed by atoms with Gasteiger partial charge in [-0.05, 0) is 26.0 Å². The Morgan fingerprint density at radius 1 is 0.957 bits per heavy atom. The van der Waals surface area contributed by atoms with Crippen molar-refractivity contribution < 1.29 is 4.74 Å². The Kier molecular flexibility index (Phi) is 6.06. The van der Waals surface area contributed by atoms with E-state index < -0.39 is 0 Å². The first kappa shape index (κ1) is 16.9. The Morgan fingerprint density at radius 3 is 2.26 bits per heavy atom. The maximum atomic E-state index is 5.55. The fourth-order valence-corrected chi connectivity index (χ4v) is 3.61. The molecule has 4 heteroatoms. The van der Waals surface area contributed by atoms with Crippen molar-refractivity contribution in [3.05, 3.63) is 35.4 Å². The summed E-state index contributed by atoms with van der Waals surface area (Å²) in [6.07, 6.45) is 1.22. The molecule has 1 unspecified atom stereocenters. The lowest BCUT2D eigenvalue weighted by atomic mass is 9.99. The van der Waals surface area contributed by atoms with Gasteiger partial charge in [-0.2, -0.15) is 0 Å². The molecule has 2 saturated heterocycles. The number of morpholine rings is 1. The molecule has 0 aliphatic carbocycles. The van der Waals surface area contributed by atoms with E-state index >= 15 is 0 Å². The number of likely N-dealkylation sites (N-methyl/N-ethyl adjacent to an activating group) is 1. The van der Waals surface area contributed by atoms with Gasteiger partial charge in [-0.1, -0.05) is 29.8 Å². The smallest absolute Gasteiger partial charge is 0.0594 e. The number of hydrogen-bond donors (Lipinski definition) is 0. The van der Waals surface area contributed by atoms with Gasteiger partial charge in [-0.15, -0.1) is 0 Å². The molecule has 0 aromatic heterocycles. The monoisotopic (exact) mass is 317 g/mol. The minimum absolute atomic E-state index is 0.527. The standard InChI is InChI=1S/C19H31N3O/c1-17-3-5-18(6-4-17)19(22-13-15-23-16-14-22)7-8-21-11-9-20(2)10-12-21/h3-6,19H,7-16H2,1-2H3. The number of aryl methyl sites for hydroxylation is 1. The first-order chi connectivity index (χ1) is 11.2. The van der Waals surface area contributed by atoms with Crippen molar-refractivity contribution in [1.29, 1.82) is 0 Å². The Labute approximate surface area is 141 Å². The molecule has 0 N–H and O–H groups in total. The van der Waals surface area contributed by atoms with Crippen molar-refractivity contribution in [2.75, 3.05) is 66.1 Å². The summed E-state index contributed by atoms with van der Waals surface area (Å²) in [4.78, 5) is 7.67. The fraction of sp³-hybridized carbons (Fsp3) is 0.684. The van der Waals surface area contributed by atoms with Crippen LogP contribution < -0.4 is 0 Å². The average molecular weight is 317 g/mol. The Balaban J connectivity index is 1.63. The van der Waals surface area contributed by atoms with E-state index in [1.807, 2.05) is 0 Å². The van der Waals surface area contributed by atoms with Gasteiger partial charge in [-0.3, -0.25) is 4.90 Å². The molecule has 0 saturated carbocycles. The Bertz CT molecular complexity index is 462. The van der Waals surface area contributed by atoms with E-state index in [2.05, 4.69) is 52.9 Å². The minimum Gasteiger partial charge on any atom is -0.379 e. The Morgan fingerprint density at radius 2 is 1.61 bits per heavy atom. The highest BCUT2D eigenvalue weighted by atomic mass is 16.5. The van der Waals surface area contributed by atoms with E-state index in [0.717, 1.165) is 26.3 Å². The SMILES string of the molecule is Cc1ccc(C(CCN2CCN(C)CC2)N2CCOCC2)cc1. The van der Waals surface area contributed by atoms with E-state index in [9.17, 15) is 0 Å². The van der Waals surface area contributed by atoms with Gasteiger partial charge in [0.1, 0.15) is 0 Å². The van der Waals surface area contributed by atoms with E-state index in [1.165, 1.54) is 50.3 Å². The predicted octanol–water partition coefficient (Wildman–Crippen LogP) is 2.01. The summed E-state index contributed by atoms with van der Waals surface area (Å²) in [5.41, 5.74) is 2.81. The summed E-state index contributed by atoms with van der Waals surface area (Å²) in [6, 6.07) is 9.66. The minimum atomic E-state index is 0.527. The zero-order chi connectivity index (χ0) is 16.1. The lowest BCUT2D eigenvalue weighted by molar-refractivity contribution is 0.0110. The van der Waals surface area contributed by atoms with Crippen molar-refractivity contribution in [2.24, 2.45) is 0 Å². The molecule has 2 aliphatic rings. The molecule has 0 bridgehead atoms. The molecule has 128 valence electrons. The largest absolute Gasteiger partial charge is 0.379 e. The van der Waals surface area contributed by atoms with Crippen LogP contribution in [0.4, 0.5) is 0 Å². The highest BCUT2D eigenvalue weighted by Crippen LogP contribution is 2.26. The normalized spacial score (nSPS) is 23.0. The van der Waals surface area contributed by atoms with E-state index in [-0.39, 0.29) is 0 Å². The van der Waals surface area contributed by atoms with E-state index in [1.54, 1.807) is 0 Å². The summed E-state index contributed by atoms with van der Waals surface area (Å²) in [7, 11) is 2.22. The van der Waals surface area contributed by atoms with Crippen LogP contribution in [-0.2, 0) is 4.74 Å². The predicted molar refractivity (Wildman–Crippen MR) is 94.9 cm³/mol. The van der Waals surface area contributed by atoms with Gasteiger partial charge in [-0.25, -0.2) is 0 Å². The number of nitrogens with zero attached hydrogens (tertiary/aromatic N) is 3. The van der Waals surface area contributed by atoms with Gasteiger partial charge < -0.3 is 14.5 Å². The molecule has 23 heavy (non-hydrogen) atoms. The third kappa shape index (κ3) is 4.77. The van der Waals surface area contributed by atoms with Crippen LogP contribution in [0.15, 0.2) is 24.3 Å². The van der Waals surface area contributed by atoms with Gasteiger partial charge in [0.15, 0.2) is 0 Å². The maximum Gasteiger partial charge on any atom is 0.0594 e. The molecule has 1 aromatic rings. The number of hydrogen-bond acceptors (Lipinski definition) is 4. The van der Waals surface area contributed by atoms with Crippen molar-refractivity contribution in [2.45, 2.75) is 19.4 Å². The van der Waals surface area contributed by atoms with Crippen molar-refractivity contribution in [3.63, 3.8) is 0 Å². The molecule has 1 atom stereocenters. The zero-order valence-corrected chi connectivity index (χ0v) is 14.7. The van der Waals surface area contributed by atoms with Crippen LogP contribution in [0.25, 0.3) is 0 Å². The van der Waals surface area contributed by atoms with Crippen LogP contribution in [0, 0.1) is 6.92 Å². The number of ether oxygens (including phenoxy) is 1. The molecule has 2 aliphatic heterocycles. The van der Waals surface area contributed by atoms with Crippen molar-refractivity contribution in [3.8, 4) is 0 Å². The third-order valence-electron chi connectivity index (χ3n) is 5.26. The van der Waals surface area contributed by atoms with Gasteiger partial charge in [0.05, 0.1) is 13.2 Å². The third-order valence-corrected chi connectivity index (χ3v) is 5.26. The number of rotatable bonds is 5. The maximum absolute atomic E-state index is 5.55. The molecule has 0 amide bonds. The van der Waals surface area contributed by atoms with Crippen molar-refractivity contribution >= 4 is 0 Å². The van der Waals surface area contributed by atoms with Crippen LogP contribution in [0.2, 0.25) is 0 Å². The topological polar surface area (TPSA) is 19.0 Å². The second-order valence-electron chi connectivity index (χ2n) is 7.01. The van der Waals surface area contributed by atoms with Gasteiger partial charge in [0.25, 0.3) is 0 Å². The highest BCUT2D eigenvalue weighted by molar-refractivity contribution is 5.24. The van der Waals surface area contributed by atoms with Crippen LogP contribution in [0.5, 0.6) is 0 Å². The second-order valence-corrected chi connectivity index (χ2v) is 7.01. The summed E-state index contributed by atoms with van der Waals surface area (Å²) in [6.45, 7) is 12.0. The quantitative estimate of drug-likeness (QED) is 0.827. The lowest BCUT2D eigenvalue weighted by Gasteiger charge is -2.37. The van der Waals surface area contributed by atoms with Gasteiger partial charge >= 0.3 is 0 Å². The van der Waals surface area contributed by atoms with Crippen LogP contribution in [0.3, 0.4) is 0 Å². The molecule has 3 rings (SSSR count). The molecule has 4 nitrogen and oxygen atoms in total. The van der Waals surface area contributed by atoms with Gasteiger partial charge in [0.2, 0.25) is 0 Å². The van der Waals surface area contributed by atoms with Crippen LogP contribution >= 0.6 is 0 Å². The molecule has 2 fully saturated rings. The van der Waals surface area contributed by atoms with E-state index in [4.69, 9.17) is 4.74 Å². The summed E-state index contributed by atoms with van der Waals surface area (Å²) in [5, 5.41) is 0. The molecular formula is C19H31N3O. The van der Waals surface area contributed by atoms with E-state index in [0.29, 0.717) is 6.04 Å². The number of benzene rings is 1. The van der Waals surface area contributed by atoms with Gasteiger partial charge in [0, 0.05) is 51.9 Å². The summed E-state index contributed by atoms with van der Waals surface area (Å²) < 4.78 is 5.55.